The van der Waals surface area contributed by atoms with Crippen molar-refractivity contribution < 1.29 is 0 Å². The molecule has 1 saturated heterocycles. The van der Waals surface area contributed by atoms with Crippen LogP contribution >= 0.6 is 12.4 Å². The lowest BCUT2D eigenvalue weighted by Gasteiger charge is -2.50. The van der Waals surface area contributed by atoms with Gasteiger partial charge in [0.15, 0.2) is 0 Å². The fourth-order valence-electron chi connectivity index (χ4n) is 4.04. The Balaban J connectivity index is 0.00000208. The summed E-state index contributed by atoms with van der Waals surface area (Å²) in [5.74, 6) is 1.07. The molecule has 2 fully saturated rings. The highest BCUT2D eigenvalue weighted by molar-refractivity contribution is 5.85. The molecule has 3 rings (SSSR count). The molecule has 2 heterocycles. The van der Waals surface area contributed by atoms with Crippen LogP contribution in [0.5, 0.6) is 0 Å². The van der Waals surface area contributed by atoms with Gasteiger partial charge < -0.3 is 10.2 Å². The summed E-state index contributed by atoms with van der Waals surface area (Å²) in [6, 6.07) is 4.91. The van der Waals surface area contributed by atoms with Crippen molar-refractivity contribution in [1.29, 1.82) is 0 Å². The van der Waals surface area contributed by atoms with E-state index in [0.29, 0.717) is 11.6 Å². The van der Waals surface area contributed by atoms with Crippen LogP contribution in [0.4, 0.5) is 5.82 Å². The van der Waals surface area contributed by atoms with Crippen LogP contribution in [0.1, 0.15) is 51.5 Å². The molecule has 1 N–H and O–H groups in total. The first-order chi connectivity index (χ1) is 11.1. The minimum atomic E-state index is 0. The molecule has 1 aromatic heterocycles. The zero-order chi connectivity index (χ0) is 16.3. The van der Waals surface area contributed by atoms with E-state index in [1.54, 1.807) is 0 Å². The Morgan fingerprint density at radius 2 is 2.00 bits per heavy atom. The summed E-state index contributed by atoms with van der Waals surface area (Å²) in [6.45, 7) is 8.87. The summed E-state index contributed by atoms with van der Waals surface area (Å²) in [4.78, 5) is 9.63. The zero-order valence-electron chi connectivity index (χ0n) is 15.4. The first-order valence-corrected chi connectivity index (χ1v) is 9.24. The number of nitrogens with zero attached hydrogens (tertiary/aromatic N) is 3. The molecular weight excluding hydrogens is 320 g/mol. The Morgan fingerprint density at radius 1 is 1.25 bits per heavy atom. The maximum atomic E-state index is 4.68. The molecule has 1 aromatic rings. The molecular formula is C19H33ClN4. The highest BCUT2D eigenvalue weighted by atomic mass is 35.5. The predicted octanol–water partition coefficient (Wildman–Crippen LogP) is 3.46. The largest absolute Gasteiger partial charge is 0.357 e. The van der Waals surface area contributed by atoms with Crippen molar-refractivity contribution in [2.24, 2.45) is 0 Å². The Hall–Kier alpha value is -0.840. The van der Waals surface area contributed by atoms with Gasteiger partial charge in [0.25, 0.3) is 0 Å². The highest BCUT2D eigenvalue weighted by Gasteiger charge is 2.39. The van der Waals surface area contributed by atoms with Gasteiger partial charge in [-0.2, -0.15) is 0 Å². The second-order valence-corrected chi connectivity index (χ2v) is 7.61. The Labute approximate surface area is 153 Å². The van der Waals surface area contributed by atoms with Crippen LogP contribution in [0.25, 0.3) is 0 Å². The minimum absolute atomic E-state index is 0. The molecule has 136 valence electrons. The second kappa shape index (κ2) is 8.50. The third-order valence-corrected chi connectivity index (χ3v) is 5.79. The van der Waals surface area contributed by atoms with Crippen LogP contribution in [0.2, 0.25) is 0 Å². The van der Waals surface area contributed by atoms with Gasteiger partial charge in [-0.05, 0) is 38.3 Å². The number of piperazine rings is 1. The topological polar surface area (TPSA) is 31.4 Å². The standard InChI is InChI=1S/C19H32N4.ClH/c1-16(2)22(3)18-8-7-17(13-21-18)14-23-12-11-20-15-19(23)9-5-4-6-10-19;/h7-8,13,16,20H,4-6,9-12,14-15H2,1-3H3;1H. The van der Waals surface area contributed by atoms with Crippen molar-refractivity contribution >= 4 is 18.2 Å². The second-order valence-electron chi connectivity index (χ2n) is 7.61. The molecule has 0 amide bonds. The molecule has 1 saturated carbocycles. The van der Waals surface area contributed by atoms with E-state index in [9.17, 15) is 0 Å². The van der Waals surface area contributed by atoms with Gasteiger partial charge in [0.1, 0.15) is 5.82 Å². The molecule has 5 heteroatoms. The van der Waals surface area contributed by atoms with Crippen molar-refractivity contribution in [2.45, 2.75) is 64.1 Å². The molecule has 0 unspecified atom stereocenters. The molecule has 1 aliphatic carbocycles. The normalized spacial score (nSPS) is 20.8. The monoisotopic (exact) mass is 352 g/mol. The number of rotatable bonds is 4. The molecule has 24 heavy (non-hydrogen) atoms. The molecule has 4 nitrogen and oxygen atoms in total. The fraction of sp³-hybridized carbons (Fsp3) is 0.737. The summed E-state index contributed by atoms with van der Waals surface area (Å²) >= 11 is 0. The van der Waals surface area contributed by atoms with E-state index < -0.39 is 0 Å². The van der Waals surface area contributed by atoms with Crippen molar-refractivity contribution in [1.82, 2.24) is 15.2 Å². The molecule has 0 bridgehead atoms. The van der Waals surface area contributed by atoms with Gasteiger partial charge in [-0.15, -0.1) is 12.4 Å². The third kappa shape index (κ3) is 4.22. The van der Waals surface area contributed by atoms with Crippen LogP contribution in [-0.2, 0) is 6.54 Å². The molecule has 1 aliphatic heterocycles. The van der Waals surface area contributed by atoms with E-state index >= 15 is 0 Å². The fourth-order valence-corrected chi connectivity index (χ4v) is 4.04. The van der Waals surface area contributed by atoms with Crippen LogP contribution < -0.4 is 10.2 Å². The van der Waals surface area contributed by atoms with E-state index in [1.165, 1.54) is 37.7 Å². The van der Waals surface area contributed by atoms with Crippen LogP contribution in [0, 0.1) is 0 Å². The number of hydrogen-bond acceptors (Lipinski definition) is 4. The lowest BCUT2D eigenvalue weighted by atomic mass is 9.79. The maximum absolute atomic E-state index is 4.68. The first-order valence-electron chi connectivity index (χ1n) is 9.24. The lowest BCUT2D eigenvalue weighted by Crippen LogP contribution is -2.61. The zero-order valence-corrected chi connectivity index (χ0v) is 16.2. The van der Waals surface area contributed by atoms with Gasteiger partial charge in [0, 0.05) is 51.0 Å². The maximum Gasteiger partial charge on any atom is 0.128 e. The van der Waals surface area contributed by atoms with Gasteiger partial charge in [-0.3, -0.25) is 4.90 Å². The Kier molecular flexibility index (Phi) is 6.90. The van der Waals surface area contributed by atoms with Crippen molar-refractivity contribution in [3.8, 4) is 0 Å². The van der Waals surface area contributed by atoms with Crippen molar-refractivity contribution in [3.63, 3.8) is 0 Å². The van der Waals surface area contributed by atoms with Crippen LogP contribution in [0.3, 0.4) is 0 Å². The average Bonchev–Trinajstić information content (AvgIpc) is 2.58. The van der Waals surface area contributed by atoms with Crippen molar-refractivity contribution in [3.05, 3.63) is 23.9 Å². The molecule has 2 aliphatic rings. The number of anilines is 1. The number of halogens is 1. The number of nitrogens with one attached hydrogen (secondary N) is 1. The Bertz CT molecular complexity index is 488. The predicted molar refractivity (Wildman–Crippen MR) is 104 cm³/mol. The van der Waals surface area contributed by atoms with Gasteiger partial charge >= 0.3 is 0 Å². The molecule has 1 spiro atoms. The van der Waals surface area contributed by atoms with Gasteiger partial charge in [0.05, 0.1) is 0 Å². The summed E-state index contributed by atoms with van der Waals surface area (Å²) in [5.41, 5.74) is 1.74. The van der Waals surface area contributed by atoms with Gasteiger partial charge in [0.2, 0.25) is 0 Å². The molecule has 0 atom stereocenters. The number of aromatic nitrogens is 1. The van der Waals surface area contributed by atoms with E-state index in [4.69, 9.17) is 0 Å². The van der Waals surface area contributed by atoms with Crippen LogP contribution in [0.15, 0.2) is 18.3 Å². The highest BCUT2D eigenvalue weighted by Crippen LogP contribution is 2.35. The lowest BCUT2D eigenvalue weighted by molar-refractivity contribution is 0.0208. The van der Waals surface area contributed by atoms with E-state index in [0.717, 1.165) is 32.0 Å². The SMILES string of the molecule is CC(C)N(C)c1ccc(CN2CCNCC23CCCCC3)cn1.Cl. The number of pyridine rings is 1. The van der Waals surface area contributed by atoms with Crippen molar-refractivity contribution in [2.75, 3.05) is 31.6 Å². The first kappa shape index (κ1) is 19.5. The smallest absolute Gasteiger partial charge is 0.128 e. The minimum Gasteiger partial charge on any atom is -0.357 e. The van der Waals surface area contributed by atoms with Gasteiger partial charge in [-0.1, -0.05) is 25.3 Å². The molecule has 0 aromatic carbocycles. The Morgan fingerprint density at radius 3 is 2.62 bits per heavy atom. The summed E-state index contributed by atoms with van der Waals surface area (Å²) in [5, 5.41) is 3.63. The average molecular weight is 353 g/mol. The number of hydrogen-bond donors (Lipinski definition) is 1. The molecule has 0 radical (unpaired) electrons. The van der Waals surface area contributed by atoms with Crippen LogP contribution in [-0.4, -0.2) is 48.1 Å². The van der Waals surface area contributed by atoms with Gasteiger partial charge in [-0.25, -0.2) is 4.98 Å². The summed E-state index contributed by atoms with van der Waals surface area (Å²) in [7, 11) is 2.11. The quantitative estimate of drug-likeness (QED) is 0.899. The van der Waals surface area contributed by atoms with E-state index in [-0.39, 0.29) is 12.4 Å². The third-order valence-electron chi connectivity index (χ3n) is 5.79. The summed E-state index contributed by atoms with van der Waals surface area (Å²) in [6.07, 6.45) is 8.95. The summed E-state index contributed by atoms with van der Waals surface area (Å²) < 4.78 is 0. The van der Waals surface area contributed by atoms with E-state index in [1.807, 2.05) is 0 Å². The van der Waals surface area contributed by atoms with E-state index in [2.05, 4.69) is 59.3 Å².